The Hall–Kier alpha value is -1.95. The van der Waals surface area contributed by atoms with Crippen molar-refractivity contribution in [3.05, 3.63) is 70.0 Å². The topological polar surface area (TPSA) is 49.6 Å². The summed E-state index contributed by atoms with van der Waals surface area (Å²) >= 11 is 5.95. The van der Waals surface area contributed by atoms with E-state index in [1.807, 2.05) is 35.2 Å². The smallest absolute Gasteiger partial charge is 0.239 e. The maximum atomic E-state index is 14.1. The van der Waals surface area contributed by atoms with Crippen molar-refractivity contribution < 1.29 is 9.18 Å². The molecule has 0 aliphatic carbocycles. The molecule has 180 valence electrons. The fourth-order valence-electron chi connectivity index (χ4n) is 4.92. The molecule has 1 amide bonds. The number of likely N-dealkylation sites (tertiary alicyclic amines) is 1. The van der Waals surface area contributed by atoms with Gasteiger partial charge < -0.3 is 15.5 Å². The molecule has 2 aromatic rings. The first-order valence-corrected chi connectivity index (χ1v) is 12.4. The molecule has 0 bridgehead atoms. The van der Waals surface area contributed by atoms with E-state index in [1.54, 1.807) is 12.1 Å². The largest absolute Gasteiger partial charge is 0.341 e. The lowest BCUT2D eigenvalue weighted by Crippen LogP contribution is -2.47. The molecule has 2 aromatic carbocycles. The Balaban J connectivity index is 1.62. The van der Waals surface area contributed by atoms with Crippen LogP contribution in [-0.4, -0.2) is 55.5 Å². The van der Waals surface area contributed by atoms with Crippen LogP contribution in [0.25, 0.3) is 0 Å². The van der Waals surface area contributed by atoms with Crippen molar-refractivity contribution in [2.24, 2.45) is 11.7 Å². The Morgan fingerprint density at radius 3 is 2.42 bits per heavy atom. The van der Waals surface area contributed by atoms with E-state index in [0.717, 1.165) is 43.4 Å². The second-order valence-corrected chi connectivity index (χ2v) is 10.1. The van der Waals surface area contributed by atoms with Gasteiger partial charge in [0, 0.05) is 24.7 Å². The molecule has 0 saturated carbocycles. The lowest BCUT2D eigenvalue weighted by Gasteiger charge is -2.35. The highest BCUT2D eigenvalue weighted by molar-refractivity contribution is 6.30. The summed E-state index contributed by atoms with van der Waals surface area (Å²) in [5.41, 5.74) is 9.61. The van der Waals surface area contributed by atoms with Crippen LogP contribution in [-0.2, 0) is 17.6 Å². The van der Waals surface area contributed by atoms with Gasteiger partial charge in [-0.25, -0.2) is 4.39 Å². The molecule has 3 rings (SSSR count). The Bertz CT molecular complexity index is 910. The number of nitrogens with two attached hydrogens (primary N) is 1. The number of benzene rings is 2. The number of carbonyl (C=O) groups is 1. The van der Waals surface area contributed by atoms with E-state index in [9.17, 15) is 9.18 Å². The van der Waals surface area contributed by atoms with Crippen LogP contribution < -0.4 is 5.73 Å². The minimum Gasteiger partial charge on any atom is -0.341 e. The van der Waals surface area contributed by atoms with Crippen molar-refractivity contribution >= 4 is 17.5 Å². The SMILES string of the molecule is CC[C@@H](Cc1cc(F)ccc1C1CCN(C(=O)[C@H](N)Cc2ccc(Cl)cc2)CC1)CN(C)C. The predicted molar refractivity (Wildman–Crippen MR) is 134 cm³/mol. The third kappa shape index (κ3) is 7.26. The van der Waals surface area contributed by atoms with Gasteiger partial charge in [0.15, 0.2) is 0 Å². The summed E-state index contributed by atoms with van der Waals surface area (Å²) in [6.07, 6.45) is 4.20. The summed E-state index contributed by atoms with van der Waals surface area (Å²) in [7, 11) is 4.17. The van der Waals surface area contributed by atoms with Gasteiger partial charge >= 0.3 is 0 Å². The van der Waals surface area contributed by atoms with E-state index in [0.29, 0.717) is 36.4 Å². The average Bonchev–Trinajstić information content (AvgIpc) is 2.79. The van der Waals surface area contributed by atoms with E-state index < -0.39 is 6.04 Å². The molecule has 2 atom stereocenters. The highest BCUT2D eigenvalue weighted by atomic mass is 35.5. The zero-order valence-corrected chi connectivity index (χ0v) is 20.8. The van der Waals surface area contributed by atoms with Crippen molar-refractivity contribution in [1.82, 2.24) is 9.80 Å². The number of amides is 1. The van der Waals surface area contributed by atoms with Crippen molar-refractivity contribution in [2.45, 2.75) is 51.0 Å². The van der Waals surface area contributed by atoms with Gasteiger partial charge in [-0.05, 0) is 92.6 Å². The molecule has 1 fully saturated rings. The number of nitrogens with zero attached hydrogens (tertiary/aromatic N) is 2. The molecule has 2 N–H and O–H groups in total. The second-order valence-electron chi connectivity index (χ2n) is 9.62. The normalized spacial score (nSPS) is 16.8. The lowest BCUT2D eigenvalue weighted by atomic mass is 9.83. The fourth-order valence-corrected chi connectivity index (χ4v) is 5.05. The standard InChI is InChI=1S/C27H37ClFN3O/c1-4-19(18-31(2)3)15-22-17-24(29)9-10-25(22)21-11-13-32(14-12-21)27(33)26(30)16-20-5-7-23(28)8-6-20/h5-10,17,19,21,26H,4,11-16,18,30H2,1-3H3/t19-,26+/m0/s1. The Labute approximate surface area is 202 Å². The van der Waals surface area contributed by atoms with Crippen molar-refractivity contribution in [1.29, 1.82) is 0 Å². The summed E-state index contributed by atoms with van der Waals surface area (Å²) in [6.45, 7) is 4.56. The molecular formula is C27H37ClFN3O. The van der Waals surface area contributed by atoms with Crippen LogP contribution in [0.3, 0.4) is 0 Å². The number of halogens is 2. The van der Waals surface area contributed by atoms with Crippen LogP contribution >= 0.6 is 11.6 Å². The zero-order chi connectivity index (χ0) is 24.0. The summed E-state index contributed by atoms with van der Waals surface area (Å²) in [5.74, 6) is 0.663. The summed E-state index contributed by atoms with van der Waals surface area (Å²) in [5, 5.41) is 0.674. The maximum Gasteiger partial charge on any atom is 0.239 e. The molecule has 0 spiro atoms. The molecule has 4 nitrogen and oxygen atoms in total. The van der Waals surface area contributed by atoms with E-state index in [1.165, 1.54) is 5.56 Å². The van der Waals surface area contributed by atoms with E-state index >= 15 is 0 Å². The Morgan fingerprint density at radius 1 is 1.15 bits per heavy atom. The monoisotopic (exact) mass is 473 g/mol. The van der Waals surface area contributed by atoms with E-state index in [2.05, 4.69) is 25.9 Å². The van der Waals surface area contributed by atoms with Gasteiger partial charge in [-0.2, -0.15) is 0 Å². The number of hydrogen-bond acceptors (Lipinski definition) is 3. The second kappa shape index (κ2) is 12.0. The maximum absolute atomic E-state index is 14.1. The Morgan fingerprint density at radius 2 is 1.82 bits per heavy atom. The van der Waals surface area contributed by atoms with Crippen molar-refractivity contribution in [2.75, 3.05) is 33.7 Å². The lowest BCUT2D eigenvalue weighted by molar-refractivity contribution is -0.133. The quantitative estimate of drug-likeness (QED) is 0.564. The molecule has 0 radical (unpaired) electrons. The van der Waals surface area contributed by atoms with Crippen LogP contribution in [0.15, 0.2) is 42.5 Å². The average molecular weight is 474 g/mol. The number of carbonyl (C=O) groups excluding carboxylic acids is 1. The molecule has 1 aliphatic heterocycles. The predicted octanol–water partition coefficient (Wildman–Crippen LogP) is 4.89. The van der Waals surface area contributed by atoms with Crippen molar-refractivity contribution in [3.63, 3.8) is 0 Å². The number of rotatable bonds is 9. The van der Waals surface area contributed by atoms with Gasteiger partial charge in [0.1, 0.15) is 5.82 Å². The number of piperidine rings is 1. The van der Waals surface area contributed by atoms with Gasteiger partial charge in [-0.1, -0.05) is 43.1 Å². The van der Waals surface area contributed by atoms with Gasteiger partial charge in [0.2, 0.25) is 5.91 Å². The van der Waals surface area contributed by atoms with Gasteiger partial charge in [-0.15, -0.1) is 0 Å². The van der Waals surface area contributed by atoms with Gasteiger partial charge in [0.25, 0.3) is 0 Å². The summed E-state index contributed by atoms with van der Waals surface area (Å²) in [4.78, 5) is 17.0. The fraction of sp³-hybridized carbons (Fsp3) is 0.519. The summed E-state index contributed by atoms with van der Waals surface area (Å²) < 4.78 is 14.1. The molecule has 0 aromatic heterocycles. The first kappa shape index (κ1) is 25.7. The highest BCUT2D eigenvalue weighted by Crippen LogP contribution is 2.32. The van der Waals surface area contributed by atoms with Crippen LogP contribution in [0.5, 0.6) is 0 Å². The molecule has 1 heterocycles. The van der Waals surface area contributed by atoms with Crippen LogP contribution in [0.4, 0.5) is 4.39 Å². The zero-order valence-electron chi connectivity index (χ0n) is 20.1. The van der Waals surface area contributed by atoms with E-state index in [-0.39, 0.29) is 11.7 Å². The number of hydrogen-bond donors (Lipinski definition) is 1. The first-order chi connectivity index (χ1) is 15.8. The Kier molecular flexibility index (Phi) is 9.30. The molecule has 1 aliphatic rings. The van der Waals surface area contributed by atoms with Crippen molar-refractivity contribution in [3.8, 4) is 0 Å². The van der Waals surface area contributed by atoms with Crippen LogP contribution in [0.2, 0.25) is 5.02 Å². The first-order valence-electron chi connectivity index (χ1n) is 12.0. The van der Waals surface area contributed by atoms with Gasteiger partial charge in [0.05, 0.1) is 6.04 Å². The highest BCUT2D eigenvalue weighted by Gasteiger charge is 2.28. The summed E-state index contributed by atoms with van der Waals surface area (Å²) in [6, 6.07) is 12.2. The molecule has 33 heavy (non-hydrogen) atoms. The van der Waals surface area contributed by atoms with Crippen LogP contribution in [0, 0.1) is 11.7 Å². The molecular weight excluding hydrogens is 437 g/mol. The third-order valence-electron chi connectivity index (χ3n) is 6.75. The molecule has 0 unspecified atom stereocenters. The minimum atomic E-state index is -0.555. The van der Waals surface area contributed by atoms with Gasteiger partial charge in [-0.3, -0.25) is 4.79 Å². The minimum absolute atomic E-state index is 0.000223. The van der Waals surface area contributed by atoms with E-state index in [4.69, 9.17) is 17.3 Å². The third-order valence-corrected chi connectivity index (χ3v) is 7.00. The molecule has 1 saturated heterocycles. The molecule has 6 heteroatoms. The van der Waals surface area contributed by atoms with Crippen LogP contribution in [0.1, 0.15) is 48.8 Å².